The van der Waals surface area contributed by atoms with E-state index in [-0.39, 0.29) is 12.1 Å². The summed E-state index contributed by atoms with van der Waals surface area (Å²) >= 11 is 1.17. The fourth-order valence-electron chi connectivity index (χ4n) is 2.79. The van der Waals surface area contributed by atoms with Gasteiger partial charge in [0.2, 0.25) is 0 Å². The standard InChI is InChI=1S/C16H11N3O4S/c20-13-12(16(22)23)14-11(4-6-24-14)18(15(13)21)8-9-7-17-19-5-2-1-3-10(9)19/h1-7,20H,8H2,(H,22,23). The smallest absolute Gasteiger partial charge is 0.341 e. The van der Waals surface area contributed by atoms with Gasteiger partial charge in [-0.1, -0.05) is 6.07 Å². The van der Waals surface area contributed by atoms with Gasteiger partial charge in [0.15, 0.2) is 5.75 Å². The molecule has 0 aliphatic rings. The number of nitrogens with zero attached hydrogens (tertiary/aromatic N) is 3. The lowest BCUT2D eigenvalue weighted by Crippen LogP contribution is -2.22. The molecule has 0 radical (unpaired) electrons. The van der Waals surface area contributed by atoms with Crippen molar-refractivity contribution in [1.29, 1.82) is 0 Å². The fraction of sp³-hybridized carbons (Fsp3) is 0.0625. The Hall–Kier alpha value is -3.13. The SMILES string of the molecule is O=C(O)c1c(O)c(=O)n(Cc2cnn3ccccc23)c2ccsc12. The molecule has 8 heteroatoms. The molecule has 0 unspecified atom stereocenters. The number of aromatic nitrogens is 3. The molecule has 0 saturated carbocycles. The van der Waals surface area contributed by atoms with Gasteiger partial charge in [0.25, 0.3) is 5.56 Å². The summed E-state index contributed by atoms with van der Waals surface area (Å²) in [7, 11) is 0. The summed E-state index contributed by atoms with van der Waals surface area (Å²) < 4.78 is 3.44. The van der Waals surface area contributed by atoms with E-state index in [1.165, 1.54) is 15.9 Å². The van der Waals surface area contributed by atoms with Crippen LogP contribution in [0.4, 0.5) is 0 Å². The number of hydrogen-bond acceptors (Lipinski definition) is 5. The van der Waals surface area contributed by atoms with Gasteiger partial charge in [0, 0.05) is 11.8 Å². The Morgan fingerprint density at radius 3 is 2.88 bits per heavy atom. The lowest BCUT2D eigenvalue weighted by molar-refractivity contribution is 0.0695. The quantitative estimate of drug-likeness (QED) is 0.595. The number of carbonyl (C=O) groups is 1. The molecule has 0 aromatic carbocycles. The Morgan fingerprint density at radius 1 is 1.25 bits per heavy atom. The van der Waals surface area contributed by atoms with Crippen molar-refractivity contribution in [1.82, 2.24) is 14.2 Å². The molecule has 4 aromatic rings. The summed E-state index contributed by atoms with van der Waals surface area (Å²) in [5, 5.41) is 25.3. The summed E-state index contributed by atoms with van der Waals surface area (Å²) in [5.41, 5.74) is 1.05. The monoisotopic (exact) mass is 341 g/mol. The molecule has 24 heavy (non-hydrogen) atoms. The van der Waals surface area contributed by atoms with Crippen molar-refractivity contribution in [3.63, 3.8) is 0 Å². The van der Waals surface area contributed by atoms with Crippen LogP contribution in [0.15, 0.2) is 46.8 Å². The number of hydrogen-bond donors (Lipinski definition) is 2. The van der Waals surface area contributed by atoms with Crippen LogP contribution in [0.3, 0.4) is 0 Å². The molecule has 0 spiro atoms. The zero-order chi connectivity index (χ0) is 16.8. The third kappa shape index (κ3) is 2.00. The van der Waals surface area contributed by atoms with Gasteiger partial charge in [-0.25, -0.2) is 9.31 Å². The molecular formula is C16H11N3O4S. The first-order chi connectivity index (χ1) is 11.6. The number of aromatic hydroxyl groups is 1. The zero-order valence-electron chi connectivity index (χ0n) is 12.2. The molecule has 0 aliphatic heterocycles. The lowest BCUT2D eigenvalue weighted by atomic mass is 10.2. The Labute approximate surface area is 138 Å². The van der Waals surface area contributed by atoms with Gasteiger partial charge in [0.1, 0.15) is 5.56 Å². The predicted octanol–water partition coefficient (Wildman–Crippen LogP) is 2.16. The molecule has 4 rings (SSSR count). The van der Waals surface area contributed by atoms with Crippen molar-refractivity contribution in [3.05, 3.63) is 63.5 Å². The second-order valence-electron chi connectivity index (χ2n) is 5.26. The summed E-state index contributed by atoms with van der Waals surface area (Å²) in [5.74, 6) is -2.06. The van der Waals surface area contributed by atoms with Crippen LogP contribution in [0.5, 0.6) is 5.75 Å². The molecule has 0 bridgehead atoms. The van der Waals surface area contributed by atoms with Crippen LogP contribution in [-0.2, 0) is 6.54 Å². The number of thiophene rings is 1. The van der Waals surface area contributed by atoms with E-state index in [0.717, 1.165) is 11.1 Å². The predicted molar refractivity (Wildman–Crippen MR) is 89.0 cm³/mol. The maximum absolute atomic E-state index is 12.5. The van der Waals surface area contributed by atoms with Crippen LogP contribution in [0, 0.1) is 0 Å². The Kier molecular flexibility index (Phi) is 3.14. The highest BCUT2D eigenvalue weighted by Gasteiger charge is 2.22. The van der Waals surface area contributed by atoms with Gasteiger partial charge >= 0.3 is 5.97 Å². The first-order valence-corrected chi connectivity index (χ1v) is 7.93. The number of fused-ring (bicyclic) bond motifs is 2. The van der Waals surface area contributed by atoms with E-state index in [1.807, 2.05) is 18.2 Å². The minimum atomic E-state index is -1.32. The van der Waals surface area contributed by atoms with E-state index < -0.39 is 17.3 Å². The molecule has 4 heterocycles. The highest BCUT2D eigenvalue weighted by Crippen LogP contribution is 2.29. The van der Waals surface area contributed by atoms with Crippen LogP contribution >= 0.6 is 11.3 Å². The molecule has 7 nitrogen and oxygen atoms in total. The minimum Gasteiger partial charge on any atom is -0.502 e. The zero-order valence-corrected chi connectivity index (χ0v) is 13.0. The summed E-state index contributed by atoms with van der Waals surface area (Å²) in [6.07, 6.45) is 3.45. The van der Waals surface area contributed by atoms with Crippen molar-refractivity contribution in [2.75, 3.05) is 0 Å². The number of carboxylic acids is 1. The van der Waals surface area contributed by atoms with Gasteiger partial charge < -0.3 is 10.2 Å². The maximum atomic E-state index is 12.5. The van der Waals surface area contributed by atoms with Crippen LogP contribution < -0.4 is 5.56 Å². The molecule has 2 N–H and O–H groups in total. The summed E-state index contributed by atoms with van der Waals surface area (Å²) in [4.78, 5) is 23.9. The number of rotatable bonds is 3. The third-order valence-corrected chi connectivity index (χ3v) is 4.82. The second kappa shape index (κ2) is 5.20. The Balaban J connectivity index is 1.96. The van der Waals surface area contributed by atoms with Gasteiger partial charge in [-0.2, -0.15) is 5.10 Å². The molecular weight excluding hydrogens is 330 g/mol. The highest BCUT2D eigenvalue weighted by molar-refractivity contribution is 7.17. The Bertz CT molecular complexity index is 1160. The average molecular weight is 341 g/mol. The van der Waals surface area contributed by atoms with E-state index in [4.69, 9.17) is 0 Å². The summed E-state index contributed by atoms with van der Waals surface area (Å²) in [6, 6.07) is 7.28. The van der Waals surface area contributed by atoms with E-state index in [2.05, 4.69) is 5.10 Å². The maximum Gasteiger partial charge on any atom is 0.341 e. The first-order valence-electron chi connectivity index (χ1n) is 7.05. The van der Waals surface area contributed by atoms with Crippen LogP contribution in [0.2, 0.25) is 0 Å². The van der Waals surface area contributed by atoms with E-state index >= 15 is 0 Å². The number of carboxylic acid groups (broad SMARTS) is 1. The number of aromatic carboxylic acids is 1. The lowest BCUT2D eigenvalue weighted by Gasteiger charge is -2.10. The molecule has 0 atom stereocenters. The second-order valence-corrected chi connectivity index (χ2v) is 6.17. The topological polar surface area (TPSA) is 96.8 Å². The van der Waals surface area contributed by atoms with Crippen LogP contribution in [-0.4, -0.2) is 30.4 Å². The van der Waals surface area contributed by atoms with Crippen molar-refractivity contribution < 1.29 is 15.0 Å². The van der Waals surface area contributed by atoms with Gasteiger partial charge in [-0.15, -0.1) is 11.3 Å². The van der Waals surface area contributed by atoms with Crippen molar-refractivity contribution in [3.8, 4) is 5.75 Å². The molecule has 4 aromatic heterocycles. The molecule has 0 aliphatic carbocycles. The van der Waals surface area contributed by atoms with Gasteiger partial charge in [0.05, 0.1) is 28.5 Å². The Morgan fingerprint density at radius 2 is 2.08 bits per heavy atom. The minimum absolute atomic E-state index is 0.188. The van der Waals surface area contributed by atoms with Gasteiger partial charge in [-0.3, -0.25) is 9.36 Å². The highest BCUT2D eigenvalue weighted by atomic mass is 32.1. The van der Waals surface area contributed by atoms with Crippen molar-refractivity contribution in [2.45, 2.75) is 6.54 Å². The van der Waals surface area contributed by atoms with E-state index in [0.29, 0.717) is 10.2 Å². The molecule has 120 valence electrons. The van der Waals surface area contributed by atoms with Crippen molar-refractivity contribution in [2.24, 2.45) is 0 Å². The first kappa shape index (κ1) is 14.5. The molecule has 0 saturated heterocycles. The van der Waals surface area contributed by atoms with Crippen LogP contribution in [0.1, 0.15) is 15.9 Å². The summed E-state index contributed by atoms with van der Waals surface area (Å²) in [6.45, 7) is 0.188. The normalized spacial score (nSPS) is 11.3. The molecule has 0 fully saturated rings. The molecule has 0 amide bonds. The van der Waals surface area contributed by atoms with Gasteiger partial charge in [-0.05, 0) is 23.6 Å². The number of pyridine rings is 2. The third-order valence-electron chi connectivity index (χ3n) is 3.90. The van der Waals surface area contributed by atoms with Crippen LogP contribution in [0.25, 0.3) is 15.7 Å². The van der Waals surface area contributed by atoms with E-state index in [1.54, 1.807) is 28.4 Å². The van der Waals surface area contributed by atoms with E-state index in [9.17, 15) is 19.8 Å². The largest absolute Gasteiger partial charge is 0.502 e. The fourth-order valence-corrected chi connectivity index (χ4v) is 3.72. The average Bonchev–Trinajstić information content (AvgIpc) is 3.18. The van der Waals surface area contributed by atoms with Crippen molar-refractivity contribution >= 4 is 33.0 Å².